The van der Waals surface area contributed by atoms with Gasteiger partial charge in [-0.2, -0.15) is 0 Å². The van der Waals surface area contributed by atoms with Crippen LogP contribution in [0, 0.1) is 0 Å². The molecule has 0 atom stereocenters. The van der Waals surface area contributed by atoms with Crippen molar-refractivity contribution in [1.82, 2.24) is 14.9 Å². The van der Waals surface area contributed by atoms with Gasteiger partial charge in [-0.3, -0.25) is 4.79 Å². The zero-order valence-corrected chi connectivity index (χ0v) is 15.8. The summed E-state index contributed by atoms with van der Waals surface area (Å²) >= 11 is 0. The second-order valence-electron chi connectivity index (χ2n) is 6.21. The van der Waals surface area contributed by atoms with Crippen LogP contribution in [-0.4, -0.2) is 51.9 Å². The molecule has 1 amide bonds. The van der Waals surface area contributed by atoms with Crippen molar-refractivity contribution in [3.05, 3.63) is 29.8 Å². The maximum absolute atomic E-state index is 12.2. The van der Waals surface area contributed by atoms with Crippen molar-refractivity contribution in [3.8, 4) is 0 Å². The predicted octanol–water partition coefficient (Wildman–Crippen LogP) is 1.48. The van der Waals surface area contributed by atoms with Gasteiger partial charge >= 0.3 is 0 Å². The number of halogens is 1. The quantitative estimate of drug-likeness (QED) is 0.802. The van der Waals surface area contributed by atoms with Crippen LogP contribution in [-0.2, 0) is 10.0 Å². The van der Waals surface area contributed by atoms with Gasteiger partial charge in [0.05, 0.1) is 4.90 Å². The standard InChI is InChI=1S/C15H25N3O3S.ClH/c1-15(2,3)17-22(20,21)13-8-6-12(7-9-13)14(19)18(5)11-10-16-4;/h6-9,16-17H,10-11H2,1-5H3;1H. The Bertz CT molecular complexity index is 610. The second kappa shape index (κ2) is 8.63. The summed E-state index contributed by atoms with van der Waals surface area (Å²) in [6, 6.07) is 5.98. The fraction of sp³-hybridized carbons (Fsp3) is 0.533. The first kappa shape index (κ1) is 21.9. The zero-order chi connectivity index (χ0) is 17.0. The van der Waals surface area contributed by atoms with Crippen molar-refractivity contribution in [3.63, 3.8) is 0 Å². The topological polar surface area (TPSA) is 78.5 Å². The summed E-state index contributed by atoms with van der Waals surface area (Å²) in [5.41, 5.74) is -0.0888. The van der Waals surface area contributed by atoms with E-state index in [0.717, 1.165) is 0 Å². The first-order chi connectivity index (χ1) is 10.1. The third-order valence-electron chi connectivity index (χ3n) is 2.90. The largest absolute Gasteiger partial charge is 0.340 e. The Labute approximate surface area is 145 Å². The van der Waals surface area contributed by atoms with Crippen LogP contribution in [0.15, 0.2) is 29.2 Å². The van der Waals surface area contributed by atoms with E-state index in [0.29, 0.717) is 18.7 Å². The summed E-state index contributed by atoms with van der Waals surface area (Å²) < 4.78 is 27.0. The minimum absolute atomic E-state index is 0. The van der Waals surface area contributed by atoms with E-state index in [1.54, 1.807) is 32.7 Å². The Kier molecular flexibility index (Phi) is 8.20. The second-order valence-corrected chi connectivity index (χ2v) is 7.89. The average molecular weight is 364 g/mol. The highest BCUT2D eigenvalue weighted by molar-refractivity contribution is 7.89. The van der Waals surface area contributed by atoms with Crippen molar-refractivity contribution >= 4 is 28.3 Å². The molecule has 2 N–H and O–H groups in total. The van der Waals surface area contributed by atoms with E-state index in [1.165, 1.54) is 24.3 Å². The van der Waals surface area contributed by atoms with Gasteiger partial charge in [-0.15, -0.1) is 12.4 Å². The Morgan fingerprint density at radius 2 is 1.70 bits per heavy atom. The lowest BCUT2D eigenvalue weighted by Crippen LogP contribution is -2.40. The van der Waals surface area contributed by atoms with Crippen molar-refractivity contribution in [2.45, 2.75) is 31.2 Å². The van der Waals surface area contributed by atoms with Crippen LogP contribution in [0.4, 0.5) is 0 Å². The molecule has 0 aliphatic heterocycles. The molecule has 0 fully saturated rings. The lowest BCUT2D eigenvalue weighted by atomic mass is 10.1. The molecule has 0 heterocycles. The van der Waals surface area contributed by atoms with Gasteiger partial charge in [0.1, 0.15) is 0 Å². The fourth-order valence-corrected chi connectivity index (χ4v) is 3.26. The lowest BCUT2D eigenvalue weighted by molar-refractivity contribution is 0.0796. The molecule has 0 spiro atoms. The normalized spacial score (nSPS) is 11.7. The summed E-state index contributed by atoms with van der Waals surface area (Å²) in [7, 11) is -0.0464. The number of benzene rings is 1. The van der Waals surface area contributed by atoms with Gasteiger partial charge in [0.15, 0.2) is 0 Å². The highest BCUT2D eigenvalue weighted by Crippen LogP contribution is 2.14. The van der Waals surface area contributed by atoms with Crippen LogP contribution >= 0.6 is 12.4 Å². The zero-order valence-electron chi connectivity index (χ0n) is 14.2. The molecular formula is C15H26ClN3O3S. The molecule has 1 rings (SSSR count). The summed E-state index contributed by atoms with van der Waals surface area (Å²) in [5, 5.41) is 2.97. The Hall–Kier alpha value is -1.15. The fourth-order valence-electron chi connectivity index (χ4n) is 1.84. The van der Waals surface area contributed by atoms with E-state index in [9.17, 15) is 13.2 Å². The maximum atomic E-state index is 12.2. The predicted molar refractivity (Wildman–Crippen MR) is 94.7 cm³/mol. The molecule has 6 nitrogen and oxygen atoms in total. The van der Waals surface area contributed by atoms with Crippen LogP contribution in [0.5, 0.6) is 0 Å². The minimum Gasteiger partial charge on any atom is -0.340 e. The number of likely N-dealkylation sites (N-methyl/N-ethyl adjacent to an activating group) is 2. The van der Waals surface area contributed by atoms with Gasteiger partial charge in [-0.25, -0.2) is 13.1 Å². The number of amides is 1. The van der Waals surface area contributed by atoms with Gasteiger partial charge in [0.25, 0.3) is 5.91 Å². The number of hydrogen-bond acceptors (Lipinski definition) is 4. The molecule has 0 radical (unpaired) electrons. The molecule has 8 heteroatoms. The molecule has 0 bridgehead atoms. The molecule has 0 aliphatic rings. The number of nitrogens with zero attached hydrogens (tertiary/aromatic N) is 1. The highest BCUT2D eigenvalue weighted by atomic mass is 35.5. The molecule has 1 aromatic rings. The van der Waals surface area contributed by atoms with E-state index in [-0.39, 0.29) is 23.2 Å². The molecular weight excluding hydrogens is 338 g/mol. The van der Waals surface area contributed by atoms with Gasteiger partial charge < -0.3 is 10.2 Å². The van der Waals surface area contributed by atoms with Crippen molar-refractivity contribution < 1.29 is 13.2 Å². The van der Waals surface area contributed by atoms with Crippen molar-refractivity contribution in [2.24, 2.45) is 0 Å². The summed E-state index contributed by atoms with van der Waals surface area (Å²) in [6.45, 7) is 6.61. The molecule has 0 saturated carbocycles. The van der Waals surface area contributed by atoms with Crippen LogP contribution in [0.3, 0.4) is 0 Å². The summed E-state index contributed by atoms with van der Waals surface area (Å²) in [4.78, 5) is 13.9. The smallest absolute Gasteiger partial charge is 0.253 e. The van der Waals surface area contributed by atoms with Crippen LogP contribution in [0.1, 0.15) is 31.1 Å². The lowest BCUT2D eigenvalue weighted by Gasteiger charge is -2.20. The van der Waals surface area contributed by atoms with Crippen molar-refractivity contribution in [2.75, 3.05) is 27.2 Å². The molecule has 132 valence electrons. The van der Waals surface area contributed by atoms with Gasteiger partial charge in [0, 0.05) is 31.2 Å². The van der Waals surface area contributed by atoms with E-state index in [2.05, 4.69) is 10.0 Å². The van der Waals surface area contributed by atoms with E-state index in [4.69, 9.17) is 0 Å². The Morgan fingerprint density at radius 3 is 2.13 bits per heavy atom. The van der Waals surface area contributed by atoms with E-state index >= 15 is 0 Å². The third-order valence-corrected chi connectivity index (χ3v) is 4.67. The summed E-state index contributed by atoms with van der Waals surface area (Å²) in [6.07, 6.45) is 0. The highest BCUT2D eigenvalue weighted by Gasteiger charge is 2.22. The number of nitrogens with one attached hydrogen (secondary N) is 2. The van der Waals surface area contributed by atoms with Crippen LogP contribution < -0.4 is 10.0 Å². The maximum Gasteiger partial charge on any atom is 0.253 e. The van der Waals surface area contributed by atoms with Gasteiger partial charge in [0.2, 0.25) is 10.0 Å². The monoisotopic (exact) mass is 363 g/mol. The number of hydrogen-bond donors (Lipinski definition) is 2. The minimum atomic E-state index is -3.58. The summed E-state index contributed by atoms with van der Waals surface area (Å²) in [5.74, 6) is -0.136. The number of carbonyl (C=O) groups is 1. The Morgan fingerprint density at radius 1 is 1.17 bits per heavy atom. The first-order valence-corrected chi connectivity index (χ1v) is 8.59. The third kappa shape index (κ3) is 6.87. The number of rotatable bonds is 6. The molecule has 0 unspecified atom stereocenters. The Balaban J connectivity index is 0.00000484. The van der Waals surface area contributed by atoms with Gasteiger partial charge in [-0.1, -0.05) is 0 Å². The molecule has 1 aromatic carbocycles. The number of sulfonamides is 1. The van der Waals surface area contributed by atoms with E-state index in [1.807, 2.05) is 7.05 Å². The first-order valence-electron chi connectivity index (χ1n) is 7.11. The SMILES string of the molecule is CNCCN(C)C(=O)c1ccc(S(=O)(=O)NC(C)(C)C)cc1.Cl. The molecule has 0 saturated heterocycles. The molecule has 23 heavy (non-hydrogen) atoms. The van der Waals surface area contributed by atoms with Crippen LogP contribution in [0.25, 0.3) is 0 Å². The van der Waals surface area contributed by atoms with Gasteiger partial charge in [-0.05, 0) is 52.1 Å². The van der Waals surface area contributed by atoms with Crippen LogP contribution in [0.2, 0.25) is 0 Å². The molecule has 0 aromatic heterocycles. The van der Waals surface area contributed by atoms with E-state index < -0.39 is 15.6 Å². The average Bonchev–Trinajstić information content (AvgIpc) is 2.41. The van der Waals surface area contributed by atoms with Crippen molar-refractivity contribution in [1.29, 1.82) is 0 Å². The number of carbonyl (C=O) groups excluding carboxylic acids is 1. The molecule has 0 aliphatic carbocycles.